The zero-order valence-electron chi connectivity index (χ0n) is 22.8. The van der Waals surface area contributed by atoms with Crippen molar-refractivity contribution in [1.82, 2.24) is 0 Å². The number of amides is 1. The summed E-state index contributed by atoms with van der Waals surface area (Å²) in [4.78, 5) is 40.5. The number of carbonyl (C=O) groups is 2. The number of non-ortho nitro benzene ring substituents is 1. The summed E-state index contributed by atoms with van der Waals surface area (Å²) in [5, 5.41) is 14.6. The molecule has 1 amide bonds. The molecule has 3 aromatic carbocycles. The minimum atomic E-state index is -0.798. The molecule has 0 saturated carbocycles. The Morgan fingerprint density at radius 1 is 0.976 bits per heavy atom. The first-order valence-corrected chi connectivity index (χ1v) is 13.5. The van der Waals surface area contributed by atoms with Gasteiger partial charge in [-0.1, -0.05) is 56.3 Å². The highest BCUT2D eigenvalue weighted by Crippen LogP contribution is 2.49. The maximum atomic E-state index is 14.2. The Balaban J connectivity index is 1.51. The number of fused-ring (bicyclic) bond motifs is 1. The molecule has 2 aliphatic rings. The third-order valence-electron chi connectivity index (χ3n) is 7.63. The van der Waals surface area contributed by atoms with E-state index in [-0.39, 0.29) is 29.2 Å². The lowest BCUT2D eigenvalue weighted by Gasteiger charge is -2.36. The molecule has 206 valence electrons. The van der Waals surface area contributed by atoms with Crippen LogP contribution in [0.5, 0.6) is 0 Å². The van der Waals surface area contributed by atoms with E-state index in [4.69, 9.17) is 4.42 Å². The lowest BCUT2D eigenvalue weighted by Crippen LogP contribution is -2.40. The van der Waals surface area contributed by atoms with Gasteiger partial charge in [0.2, 0.25) is 5.91 Å². The van der Waals surface area contributed by atoms with Gasteiger partial charge in [0, 0.05) is 35.4 Å². The highest BCUT2D eigenvalue weighted by Gasteiger charge is 2.44. The number of anilines is 2. The molecule has 0 spiro atoms. The fourth-order valence-electron chi connectivity index (χ4n) is 5.79. The number of Topliss-reactive ketones (excluding diaryl/α,β-unsaturated/α-hetero) is 1. The van der Waals surface area contributed by atoms with Crippen LogP contribution in [0.4, 0.5) is 17.1 Å². The Morgan fingerprint density at radius 3 is 2.41 bits per heavy atom. The summed E-state index contributed by atoms with van der Waals surface area (Å²) in [6.07, 6.45) is 1.12. The number of nitro groups is 1. The maximum absolute atomic E-state index is 14.2. The van der Waals surface area contributed by atoms with E-state index < -0.39 is 11.0 Å². The van der Waals surface area contributed by atoms with Gasteiger partial charge < -0.3 is 9.73 Å². The fraction of sp³-hybridized carbons (Fsp3) is 0.212. The minimum Gasteiger partial charge on any atom is -0.459 e. The molecule has 8 heteroatoms. The summed E-state index contributed by atoms with van der Waals surface area (Å²) in [6.45, 7) is 4.14. The standard InChI is InChI=1S/C33H29N3O5/c1-33(2)19-25-31(27(37)20-33)32(29-17-16-28(41-29)22-12-14-23(15-13-22)36(39)40)35(26-11-7-6-10-24(26)34-25)30(38)18-21-8-4-3-5-9-21/h3-17,32,34H,18-20H2,1-2H3. The van der Waals surface area contributed by atoms with Gasteiger partial charge in [0.05, 0.1) is 22.7 Å². The predicted molar refractivity (Wildman–Crippen MR) is 156 cm³/mol. The fourth-order valence-corrected chi connectivity index (χ4v) is 5.79. The number of nitrogens with zero attached hydrogens (tertiary/aromatic N) is 2. The van der Waals surface area contributed by atoms with E-state index in [1.807, 2.05) is 54.6 Å². The zero-order valence-corrected chi connectivity index (χ0v) is 22.8. The number of para-hydroxylation sites is 2. The highest BCUT2D eigenvalue weighted by atomic mass is 16.6. The SMILES string of the molecule is CC1(C)CC(=O)C2=C(C1)Nc1ccccc1N(C(=O)Cc1ccccc1)C2c1ccc(-c2ccc([N+](=O)[O-])cc2)o1. The number of carbonyl (C=O) groups excluding carboxylic acids is 2. The average molecular weight is 548 g/mol. The Kier molecular flexibility index (Phi) is 6.53. The van der Waals surface area contributed by atoms with E-state index in [1.54, 1.807) is 29.2 Å². The normalized spacial score (nSPS) is 17.8. The summed E-state index contributed by atoms with van der Waals surface area (Å²) in [6, 6.07) is 26.0. The summed E-state index contributed by atoms with van der Waals surface area (Å²) >= 11 is 0. The monoisotopic (exact) mass is 547 g/mol. The van der Waals surface area contributed by atoms with Crippen molar-refractivity contribution < 1.29 is 18.9 Å². The van der Waals surface area contributed by atoms with Crippen LogP contribution in [0.3, 0.4) is 0 Å². The number of allylic oxidation sites excluding steroid dienone is 1. The highest BCUT2D eigenvalue weighted by molar-refractivity contribution is 6.06. The average Bonchev–Trinajstić information content (AvgIpc) is 3.37. The van der Waals surface area contributed by atoms with Gasteiger partial charge in [-0.15, -0.1) is 0 Å². The van der Waals surface area contributed by atoms with Crippen molar-refractivity contribution in [3.8, 4) is 11.3 Å². The van der Waals surface area contributed by atoms with E-state index in [1.165, 1.54) is 12.1 Å². The van der Waals surface area contributed by atoms with Gasteiger partial charge in [0.15, 0.2) is 5.78 Å². The molecule has 0 fully saturated rings. The minimum absolute atomic E-state index is 0.0186. The van der Waals surface area contributed by atoms with Gasteiger partial charge in [0.1, 0.15) is 17.6 Å². The van der Waals surface area contributed by atoms with Crippen LogP contribution < -0.4 is 10.2 Å². The Bertz CT molecular complexity index is 1690. The summed E-state index contributed by atoms with van der Waals surface area (Å²) < 4.78 is 6.38. The molecule has 2 heterocycles. The Labute approximate surface area is 237 Å². The number of furan rings is 1. The van der Waals surface area contributed by atoms with Gasteiger partial charge >= 0.3 is 0 Å². The molecule has 1 atom stereocenters. The molecule has 1 N–H and O–H groups in total. The van der Waals surface area contributed by atoms with E-state index >= 15 is 0 Å². The van der Waals surface area contributed by atoms with Crippen LogP contribution in [0, 0.1) is 15.5 Å². The second-order valence-corrected chi connectivity index (χ2v) is 11.3. The molecular formula is C33H29N3O5. The largest absolute Gasteiger partial charge is 0.459 e. The van der Waals surface area contributed by atoms with Crippen LogP contribution >= 0.6 is 0 Å². The molecule has 1 aliphatic carbocycles. The number of hydrogen-bond donors (Lipinski definition) is 1. The smallest absolute Gasteiger partial charge is 0.269 e. The first kappa shape index (κ1) is 26.3. The molecule has 41 heavy (non-hydrogen) atoms. The molecule has 1 unspecified atom stereocenters. The van der Waals surface area contributed by atoms with E-state index in [0.717, 1.165) is 16.9 Å². The first-order chi connectivity index (χ1) is 19.7. The van der Waals surface area contributed by atoms with Crippen molar-refractivity contribution in [2.45, 2.75) is 39.2 Å². The van der Waals surface area contributed by atoms with Gasteiger partial charge in [-0.3, -0.25) is 24.6 Å². The first-order valence-electron chi connectivity index (χ1n) is 13.5. The summed E-state index contributed by atoms with van der Waals surface area (Å²) in [5.74, 6) is 0.725. The van der Waals surface area contributed by atoms with Gasteiger partial charge in [-0.05, 0) is 53.8 Å². The molecule has 8 nitrogen and oxygen atoms in total. The Morgan fingerprint density at radius 2 is 1.68 bits per heavy atom. The molecule has 1 aromatic heterocycles. The topological polar surface area (TPSA) is 106 Å². The van der Waals surface area contributed by atoms with Gasteiger partial charge in [-0.25, -0.2) is 0 Å². The molecule has 0 bridgehead atoms. The molecule has 4 aromatic rings. The number of rotatable bonds is 5. The van der Waals surface area contributed by atoms with E-state index in [9.17, 15) is 19.7 Å². The van der Waals surface area contributed by atoms with Crippen molar-refractivity contribution in [3.63, 3.8) is 0 Å². The molecule has 0 saturated heterocycles. The van der Waals surface area contributed by atoms with Crippen LogP contribution in [0.25, 0.3) is 11.3 Å². The number of nitro benzene ring substituents is 1. The predicted octanol–water partition coefficient (Wildman–Crippen LogP) is 7.24. The van der Waals surface area contributed by atoms with Gasteiger partial charge in [-0.2, -0.15) is 0 Å². The number of nitrogens with one attached hydrogen (secondary N) is 1. The summed E-state index contributed by atoms with van der Waals surface area (Å²) in [7, 11) is 0. The molecule has 0 radical (unpaired) electrons. The molecular weight excluding hydrogens is 518 g/mol. The third-order valence-corrected chi connectivity index (χ3v) is 7.63. The van der Waals surface area contributed by atoms with Crippen LogP contribution in [0.2, 0.25) is 0 Å². The van der Waals surface area contributed by atoms with Gasteiger partial charge in [0.25, 0.3) is 5.69 Å². The van der Waals surface area contributed by atoms with Crippen LogP contribution in [-0.4, -0.2) is 16.6 Å². The summed E-state index contributed by atoms with van der Waals surface area (Å²) in [5.41, 5.74) is 3.96. The number of ketones is 1. The second kappa shape index (κ2) is 10.2. The van der Waals surface area contributed by atoms with Crippen molar-refractivity contribution in [2.75, 3.05) is 10.2 Å². The van der Waals surface area contributed by atoms with Crippen LogP contribution in [0.15, 0.2) is 107 Å². The van der Waals surface area contributed by atoms with Crippen LogP contribution in [-0.2, 0) is 16.0 Å². The third kappa shape index (κ3) is 5.04. The maximum Gasteiger partial charge on any atom is 0.269 e. The van der Waals surface area contributed by atoms with Crippen molar-refractivity contribution in [1.29, 1.82) is 0 Å². The number of hydrogen-bond acceptors (Lipinski definition) is 6. The van der Waals surface area contributed by atoms with Crippen molar-refractivity contribution >= 4 is 28.8 Å². The van der Waals surface area contributed by atoms with E-state index in [2.05, 4.69) is 19.2 Å². The number of benzene rings is 3. The van der Waals surface area contributed by atoms with E-state index in [0.29, 0.717) is 41.2 Å². The van der Waals surface area contributed by atoms with Crippen molar-refractivity contribution in [3.05, 3.63) is 124 Å². The lowest BCUT2D eigenvalue weighted by atomic mass is 9.74. The van der Waals surface area contributed by atoms with Crippen molar-refractivity contribution in [2.24, 2.45) is 5.41 Å². The molecule has 6 rings (SSSR count). The molecule has 1 aliphatic heterocycles. The Hall–Kier alpha value is -4.98. The zero-order chi connectivity index (χ0) is 28.7. The quantitative estimate of drug-likeness (QED) is 0.209. The second-order valence-electron chi connectivity index (χ2n) is 11.3. The van der Waals surface area contributed by atoms with Crippen LogP contribution in [0.1, 0.15) is 44.1 Å². The lowest BCUT2D eigenvalue weighted by molar-refractivity contribution is -0.384.